The second-order valence-electron chi connectivity index (χ2n) is 12.7. The maximum absolute atomic E-state index is 13.6. The first-order chi connectivity index (χ1) is 21.3. The summed E-state index contributed by atoms with van der Waals surface area (Å²) in [7, 11) is 1.33. The van der Waals surface area contributed by atoms with E-state index in [1.165, 1.54) is 55.9 Å². The molecule has 1 saturated carbocycles. The minimum absolute atomic E-state index is 0.0428. The molecule has 1 N–H and O–H groups in total. The number of nitrogens with zero attached hydrogens (tertiary/aromatic N) is 1. The summed E-state index contributed by atoms with van der Waals surface area (Å²) < 4.78 is 13.3. The molecule has 44 heavy (non-hydrogen) atoms. The summed E-state index contributed by atoms with van der Waals surface area (Å²) in [6.07, 6.45) is 6.87. The number of benzene rings is 3. The standard InChI is InChI=1S/C37H40N2O5/c1-37(2,20-19-31(40)24-13-15-26(16-14-24)36(42)43-3)38-35(41)27-17-18-28-30(23-27)39-21-22-44-32-12-8-7-11-29(32)34(39)33(28)25-9-5-4-6-10-25/h7-8,11-18,23,25H,4-6,9-10,19-22H2,1-3H3,(H,38,41). The summed E-state index contributed by atoms with van der Waals surface area (Å²) >= 11 is 0. The van der Waals surface area contributed by atoms with E-state index in [2.05, 4.69) is 34.1 Å². The van der Waals surface area contributed by atoms with Gasteiger partial charge in [-0.15, -0.1) is 0 Å². The zero-order valence-electron chi connectivity index (χ0n) is 25.8. The fourth-order valence-electron chi connectivity index (χ4n) is 6.80. The Bertz CT molecular complexity index is 1710. The first kappa shape index (κ1) is 29.7. The Morgan fingerprint density at radius 3 is 2.39 bits per heavy atom. The van der Waals surface area contributed by atoms with Crippen molar-refractivity contribution in [3.63, 3.8) is 0 Å². The van der Waals surface area contributed by atoms with Crippen LogP contribution in [0, 0.1) is 0 Å². The number of Topliss-reactive ketones (excluding diaryl/α,β-unsaturated/α-hetero) is 1. The number of aromatic nitrogens is 1. The highest BCUT2D eigenvalue weighted by molar-refractivity contribution is 6.02. The van der Waals surface area contributed by atoms with Crippen molar-refractivity contribution in [1.29, 1.82) is 0 Å². The van der Waals surface area contributed by atoms with E-state index in [-0.39, 0.29) is 18.1 Å². The number of ether oxygens (including phenoxy) is 2. The van der Waals surface area contributed by atoms with Crippen LogP contribution < -0.4 is 10.1 Å². The molecule has 6 rings (SSSR count). The van der Waals surface area contributed by atoms with Crippen LogP contribution in [0.3, 0.4) is 0 Å². The van der Waals surface area contributed by atoms with Crippen molar-refractivity contribution in [2.45, 2.75) is 76.8 Å². The zero-order chi connectivity index (χ0) is 30.8. The number of hydrogen-bond donors (Lipinski definition) is 1. The van der Waals surface area contributed by atoms with Crippen LogP contribution in [-0.4, -0.2) is 41.5 Å². The van der Waals surface area contributed by atoms with E-state index in [0.717, 1.165) is 16.8 Å². The molecule has 2 aliphatic rings. The Hall–Kier alpha value is -4.39. The number of hydrogen-bond acceptors (Lipinski definition) is 5. The van der Waals surface area contributed by atoms with Crippen LogP contribution in [0.5, 0.6) is 5.75 Å². The van der Waals surface area contributed by atoms with Crippen LogP contribution in [0.2, 0.25) is 0 Å². The molecule has 1 aliphatic heterocycles. The molecule has 0 radical (unpaired) electrons. The fraction of sp³-hybridized carbons (Fsp3) is 0.378. The maximum atomic E-state index is 13.6. The van der Waals surface area contributed by atoms with Gasteiger partial charge in [0.05, 0.1) is 24.9 Å². The monoisotopic (exact) mass is 592 g/mol. The second-order valence-corrected chi connectivity index (χ2v) is 12.7. The molecule has 0 unspecified atom stereocenters. The second kappa shape index (κ2) is 12.3. The molecule has 3 aromatic carbocycles. The number of carbonyl (C=O) groups is 3. The molecule has 4 aromatic rings. The molecular formula is C37H40N2O5. The highest BCUT2D eigenvalue weighted by Gasteiger charge is 2.30. The van der Waals surface area contributed by atoms with Gasteiger partial charge >= 0.3 is 5.97 Å². The normalized spacial score (nSPS) is 15.1. The first-order valence-corrected chi connectivity index (χ1v) is 15.7. The molecule has 7 heteroatoms. The van der Waals surface area contributed by atoms with Gasteiger partial charge in [-0.2, -0.15) is 0 Å². The fourth-order valence-corrected chi connectivity index (χ4v) is 6.80. The number of nitrogens with one attached hydrogen (secondary N) is 1. The highest BCUT2D eigenvalue weighted by atomic mass is 16.5. The molecule has 1 amide bonds. The van der Waals surface area contributed by atoms with Crippen LogP contribution in [0.15, 0.2) is 66.7 Å². The summed E-state index contributed by atoms with van der Waals surface area (Å²) in [4.78, 5) is 38.2. The first-order valence-electron chi connectivity index (χ1n) is 15.7. The summed E-state index contributed by atoms with van der Waals surface area (Å²) in [5.74, 6) is 0.762. The zero-order valence-corrected chi connectivity index (χ0v) is 25.8. The molecule has 7 nitrogen and oxygen atoms in total. The number of methoxy groups -OCH3 is 1. The van der Waals surface area contributed by atoms with Gasteiger partial charge in [0.2, 0.25) is 0 Å². The summed E-state index contributed by atoms with van der Waals surface area (Å²) in [6.45, 7) is 5.17. The van der Waals surface area contributed by atoms with Crippen molar-refractivity contribution in [2.75, 3.05) is 13.7 Å². The van der Waals surface area contributed by atoms with Crippen LogP contribution >= 0.6 is 0 Å². The third-order valence-corrected chi connectivity index (χ3v) is 9.15. The van der Waals surface area contributed by atoms with E-state index in [0.29, 0.717) is 42.2 Å². The Morgan fingerprint density at radius 1 is 0.932 bits per heavy atom. The lowest BCUT2D eigenvalue weighted by atomic mass is 9.81. The Balaban J connectivity index is 1.24. The molecule has 2 heterocycles. The number of carbonyl (C=O) groups excluding carboxylic acids is 3. The van der Waals surface area contributed by atoms with Crippen molar-refractivity contribution in [2.24, 2.45) is 0 Å². The van der Waals surface area contributed by atoms with Gasteiger partial charge in [0, 0.05) is 39.6 Å². The lowest BCUT2D eigenvalue weighted by Gasteiger charge is -2.26. The lowest BCUT2D eigenvalue weighted by Crippen LogP contribution is -2.43. The van der Waals surface area contributed by atoms with Crippen molar-refractivity contribution < 1.29 is 23.9 Å². The number of esters is 1. The van der Waals surface area contributed by atoms with Gasteiger partial charge in [0.15, 0.2) is 5.78 Å². The quantitative estimate of drug-likeness (QED) is 0.167. The molecular weight excluding hydrogens is 552 g/mol. The van der Waals surface area contributed by atoms with Gasteiger partial charge in [0.1, 0.15) is 12.4 Å². The van der Waals surface area contributed by atoms with Gasteiger partial charge in [-0.05, 0) is 81.0 Å². The Kier molecular flexibility index (Phi) is 8.30. The topological polar surface area (TPSA) is 86.6 Å². The largest absolute Gasteiger partial charge is 0.491 e. The molecule has 0 bridgehead atoms. The van der Waals surface area contributed by atoms with Gasteiger partial charge < -0.3 is 19.4 Å². The number of ketones is 1. The average Bonchev–Trinajstić information content (AvgIpc) is 3.24. The predicted octanol–water partition coefficient (Wildman–Crippen LogP) is 7.71. The van der Waals surface area contributed by atoms with Crippen LogP contribution in [0.1, 0.15) is 101 Å². The van der Waals surface area contributed by atoms with Crippen LogP contribution in [-0.2, 0) is 11.3 Å². The number of para-hydroxylation sites is 1. The maximum Gasteiger partial charge on any atom is 0.337 e. The molecule has 1 aliphatic carbocycles. The molecule has 1 fully saturated rings. The average molecular weight is 593 g/mol. The van der Waals surface area contributed by atoms with E-state index in [4.69, 9.17) is 9.47 Å². The molecule has 0 spiro atoms. The molecule has 0 atom stereocenters. The third kappa shape index (κ3) is 5.88. The van der Waals surface area contributed by atoms with Crippen LogP contribution in [0.25, 0.3) is 22.2 Å². The van der Waals surface area contributed by atoms with Gasteiger partial charge in [-0.25, -0.2) is 4.79 Å². The Labute approximate surface area is 258 Å². The summed E-state index contributed by atoms with van der Waals surface area (Å²) in [6, 6.07) is 20.9. The number of fused-ring (bicyclic) bond motifs is 5. The Morgan fingerprint density at radius 2 is 1.64 bits per heavy atom. The van der Waals surface area contributed by atoms with Gasteiger partial charge in [0.25, 0.3) is 5.91 Å². The van der Waals surface area contributed by atoms with Gasteiger partial charge in [-0.3, -0.25) is 9.59 Å². The number of rotatable bonds is 8. The van der Waals surface area contributed by atoms with Gasteiger partial charge in [-0.1, -0.05) is 49.6 Å². The van der Waals surface area contributed by atoms with E-state index < -0.39 is 11.5 Å². The smallest absolute Gasteiger partial charge is 0.337 e. The van der Waals surface area contributed by atoms with Crippen molar-refractivity contribution in [3.8, 4) is 17.0 Å². The molecule has 1 aromatic heterocycles. The summed E-state index contributed by atoms with van der Waals surface area (Å²) in [5.41, 5.74) is 5.73. The third-order valence-electron chi connectivity index (χ3n) is 9.15. The minimum Gasteiger partial charge on any atom is -0.491 e. The van der Waals surface area contributed by atoms with E-state index >= 15 is 0 Å². The highest BCUT2D eigenvalue weighted by Crippen LogP contribution is 2.47. The SMILES string of the molecule is COC(=O)c1ccc(C(=O)CCC(C)(C)NC(=O)c2ccc3c(C4CCCCC4)c4n(c3c2)CCOc2ccccc2-4)cc1. The van der Waals surface area contributed by atoms with Crippen LogP contribution in [0.4, 0.5) is 0 Å². The van der Waals surface area contributed by atoms with E-state index in [9.17, 15) is 14.4 Å². The lowest BCUT2D eigenvalue weighted by molar-refractivity contribution is 0.0600. The minimum atomic E-state index is -0.607. The molecule has 0 saturated heterocycles. The van der Waals surface area contributed by atoms with Crippen molar-refractivity contribution in [3.05, 3.63) is 89.0 Å². The molecule has 228 valence electrons. The van der Waals surface area contributed by atoms with Crippen molar-refractivity contribution in [1.82, 2.24) is 9.88 Å². The summed E-state index contributed by atoms with van der Waals surface area (Å²) in [5, 5.41) is 4.39. The van der Waals surface area contributed by atoms with E-state index in [1.54, 1.807) is 24.3 Å². The van der Waals surface area contributed by atoms with Crippen molar-refractivity contribution >= 4 is 28.6 Å². The predicted molar refractivity (Wildman–Crippen MR) is 172 cm³/mol. The number of amides is 1. The van der Waals surface area contributed by atoms with E-state index in [1.807, 2.05) is 32.0 Å².